The third-order valence-corrected chi connectivity index (χ3v) is 2.40. The molecular formula is C7H13N2OP. The second-order valence-corrected chi connectivity index (χ2v) is 3.09. The molecule has 1 aliphatic rings. The Balaban J connectivity index is 2.20. The number of hydrogen-bond acceptors (Lipinski definition) is 3. The van der Waals surface area contributed by atoms with Gasteiger partial charge < -0.3 is 4.74 Å². The van der Waals surface area contributed by atoms with Crippen LogP contribution >= 0.6 is 9.39 Å². The Hall–Kier alpha value is -0.160. The molecule has 1 aliphatic heterocycles. The van der Waals surface area contributed by atoms with E-state index in [9.17, 15) is 0 Å². The Kier molecular flexibility index (Phi) is 3.79. The van der Waals surface area contributed by atoms with Crippen molar-refractivity contribution >= 4 is 9.39 Å². The summed E-state index contributed by atoms with van der Waals surface area (Å²) in [6.07, 6.45) is 2.81. The van der Waals surface area contributed by atoms with E-state index in [0.29, 0.717) is 12.5 Å². The zero-order valence-corrected chi connectivity index (χ0v) is 7.57. The minimum Gasteiger partial charge on any atom is -0.376 e. The van der Waals surface area contributed by atoms with Gasteiger partial charge in [-0.3, -0.25) is 5.09 Å². The topological polar surface area (TPSA) is 45.0 Å². The Bertz CT molecular complexity index is 149. The SMILES string of the molecule is N#CCC1CC[C@H](NP)CO1. The van der Waals surface area contributed by atoms with E-state index in [1.165, 1.54) is 0 Å². The number of rotatable bonds is 2. The van der Waals surface area contributed by atoms with Crippen molar-refractivity contribution in [1.29, 1.82) is 5.26 Å². The Morgan fingerprint density at radius 3 is 2.91 bits per heavy atom. The van der Waals surface area contributed by atoms with Gasteiger partial charge in [0.25, 0.3) is 0 Å². The fourth-order valence-electron chi connectivity index (χ4n) is 1.20. The van der Waals surface area contributed by atoms with Crippen LogP contribution in [0.25, 0.3) is 0 Å². The van der Waals surface area contributed by atoms with E-state index in [1.54, 1.807) is 0 Å². The summed E-state index contributed by atoms with van der Waals surface area (Å²) in [5.74, 6) is 0. The summed E-state index contributed by atoms with van der Waals surface area (Å²) in [4.78, 5) is 0. The van der Waals surface area contributed by atoms with Crippen LogP contribution in [0.4, 0.5) is 0 Å². The molecule has 0 saturated carbocycles. The highest BCUT2D eigenvalue weighted by Crippen LogP contribution is 2.16. The lowest BCUT2D eigenvalue weighted by Crippen LogP contribution is -2.35. The van der Waals surface area contributed by atoms with E-state index < -0.39 is 0 Å². The molecule has 1 rings (SSSR count). The van der Waals surface area contributed by atoms with Gasteiger partial charge in [-0.05, 0) is 12.8 Å². The molecular weight excluding hydrogens is 159 g/mol. The van der Waals surface area contributed by atoms with Gasteiger partial charge in [0, 0.05) is 6.04 Å². The number of nitrogens with zero attached hydrogens (tertiary/aromatic N) is 1. The standard InChI is InChI=1S/C7H13N2OP/c8-4-3-7-2-1-6(9-11)5-10-7/h6-7,9H,1-3,5,11H2/t6-,7?/m0/s1. The van der Waals surface area contributed by atoms with Gasteiger partial charge in [-0.1, -0.05) is 9.39 Å². The van der Waals surface area contributed by atoms with Crippen LogP contribution in [0.1, 0.15) is 19.3 Å². The molecule has 3 nitrogen and oxygen atoms in total. The molecule has 2 unspecified atom stereocenters. The molecule has 1 fully saturated rings. The van der Waals surface area contributed by atoms with Gasteiger partial charge >= 0.3 is 0 Å². The van der Waals surface area contributed by atoms with Crippen LogP contribution < -0.4 is 5.09 Å². The number of ether oxygens (including phenoxy) is 1. The zero-order chi connectivity index (χ0) is 8.10. The van der Waals surface area contributed by atoms with Crippen LogP contribution in [0.2, 0.25) is 0 Å². The molecule has 0 aliphatic carbocycles. The summed E-state index contributed by atoms with van der Waals surface area (Å²) in [5, 5.41) is 11.5. The molecule has 0 bridgehead atoms. The molecule has 62 valence electrons. The maximum atomic E-state index is 8.39. The van der Waals surface area contributed by atoms with E-state index in [4.69, 9.17) is 10.00 Å². The minimum absolute atomic E-state index is 0.176. The third-order valence-electron chi connectivity index (χ3n) is 1.92. The summed E-state index contributed by atoms with van der Waals surface area (Å²) in [6, 6.07) is 2.57. The smallest absolute Gasteiger partial charge is 0.0706 e. The molecule has 1 saturated heterocycles. The van der Waals surface area contributed by atoms with Crippen LogP contribution in [-0.4, -0.2) is 18.8 Å². The summed E-state index contributed by atoms with van der Waals surface area (Å²) in [7, 11) is 2.49. The highest BCUT2D eigenvalue weighted by atomic mass is 31.0. The first kappa shape index (κ1) is 8.93. The second-order valence-electron chi connectivity index (χ2n) is 2.76. The normalized spacial score (nSPS) is 31.3. The first-order valence-electron chi connectivity index (χ1n) is 3.81. The average Bonchev–Trinajstić information content (AvgIpc) is 2.07. The Labute approximate surface area is 69.4 Å². The van der Waals surface area contributed by atoms with E-state index in [-0.39, 0.29) is 6.10 Å². The van der Waals surface area contributed by atoms with Crippen molar-refractivity contribution in [3.63, 3.8) is 0 Å². The summed E-state index contributed by atoms with van der Waals surface area (Å²) >= 11 is 0. The highest BCUT2D eigenvalue weighted by Gasteiger charge is 2.19. The molecule has 11 heavy (non-hydrogen) atoms. The van der Waals surface area contributed by atoms with Crippen LogP contribution in [0.3, 0.4) is 0 Å². The largest absolute Gasteiger partial charge is 0.376 e. The summed E-state index contributed by atoms with van der Waals surface area (Å²) in [6.45, 7) is 0.732. The highest BCUT2D eigenvalue weighted by molar-refractivity contribution is 7.13. The van der Waals surface area contributed by atoms with Gasteiger partial charge in [0.1, 0.15) is 0 Å². The van der Waals surface area contributed by atoms with E-state index in [2.05, 4.69) is 20.5 Å². The van der Waals surface area contributed by atoms with Crippen molar-refractivity contribution in [2.24, 2.45) is 0 Å². The lowest BCUT2D eigenvalue weighted by atomic mass is 10.0. The van der Waals surface area contributed by atoms with Gasteiger partial charge in [0.2, 0.25) is 0 Å². The van der Waals surface area contributed by atoms with Gasteiger partial charge in [0.05, 0.1) is 25.2 Å². The van der Waals surface area contributed by atoms with Crippen molar-refractivity contribution in [2.75, 3.05) is 6.61 Å². The molecule has 4 heteroatoms. The van der Waals surface area contributed by atoms with Gasteiger partial charge in [-0.2, -0.15) is 5.26 Å². The number of nitriles is 1. The molecule has 0 amide bonds. The maximum absolute atomic E-state index is 8.39. The fraction of sp³-hybridized carbons (Fsp3) is 0.857. The van der Waals surface area contributed by atoms with Crippen molar-refractivity contribution in [2.45, 2.75) is 31.4 Å². The molecule has 0 radical (unpaired) electrons. The predicted molar refractivity (Wildman–Crippen MR) is 45.8 cm³/mol. The molecule has 0 spiro atoms. The van der Waals surface area contributed by atoms with Crippen LogP contribution in [-0.2, 0) is 4.74 Å². The van der Waals surface area contributed by atoms with Crippen molar-refractivity contribution < 1.29 is 4.74 Å². The molecule has 0 aromatic rings. The predicted octanol–water partition coefficient (Wildman–Crippen LogP) is 0.827. The second kappa shape index (κ2) is 4.66. The first-order chi connectivity index (χ1) is 5.36. The van der Waals surface area contributed by atoms with Gasteiger partial charge in [-0.25, -0.2) is 0 Å². The molecule has 1 heterocycles. The fourth-order valence-corrected chi connectivity index (χ4v) is 1.46. The Morgan fingerprint density at radius 1 is 1.64 bits per heavy atom. The van der Waals surface area contributed by atoms with Crippen LogP contribution in [0.15, 0.2) is 0 Å². The molecule has 1 N–H and O–H groups in total. The van der Waals surface area contributed by atoms with Crippen molar-refractivity contribution in [3.8, 4) is 6.07 Å². The Morgan fingerprint density at radius 2 is 2.45 bits per heavy atom. The van der Waals surface area contributed by atoms with E-state index in [1.807, 2.05) is 0 Å². The van der Waals surface area contributed by atoms with Gasteiger partial charge in [0.15, 0.2) is 0 Å². The monoisotopic (exact) mass is 172 g/mol. The van der Waals surface area contributed by atoms with Crippen molar-refractivity contribution in [3.05, 3.63) is 0 Å². The molecule has 0 aromatic heterocycles. The average molecular weight is 172 g/mol. The minimum atomic E-state index is 0.176. The lowest BCUT2D eigenvalue weighted by Gasteiger charge is -2.27. The van der Waals surface area contributed by atoms with E-state index in [0.717, 1.165) is 19.4 Å². The van der Waals surface area contributed by atoms with Crippen LogP contribution in [0.5, 0.6) is 0 Å². The molecule has 3 atom stereocenters. The summed E-state index contributed by atoms with van der Waals surface area (Å²) in [5.41, 5.74) is 0. The maximum Gasteiger partial charge on any atom is 0.0706 e. The first-order valence-corrected chi connectivity index (χ1v) is 4.39. The number of nitrogens with one attached hydrogen (secondary N) is 1. The van der Waals surface area contributed by atoms with Crippen LogP contribution in [0, 0.1) is 11.3 Å². The summed E-state index contributed by atoms with van der Waals surface area (Å²) < 4.78 is 5.42. The van der Waals surface area contributed by atoms with Gasteiger partial charge in [-0.15, -0.1) is 0 Å². The molecule has 0 aromatic carbocycles. The van der Waals surface area contributed by atoms with E-state index >= 15 is 0 Å². The van der Waals surface area contributed by atoms with Crippen molar-refractivity contribution in [1.82, 2.24) is 5.09 Å². The third kappa shape index (κ3) is 2.75. The quantitative estimate of drug-likeness (QED) is 0.627. The number of hydrogen-bond donors (Lipinski definition) is 1. The lowest BCUT2D eigenvalue weighted by molar-refractivity contribution is 0.00573. The zero-order valence-electron chi connectivity index (χ0n) is 6.42.